The summed E-state index contributed by atoms with van der Waals surface area (Å²) in [5.74, 6) is 0.963. The van der Waals surface area contributed by atoms with E-state index in [1.807, 2.05) is 0 Å². The molecule has 1 aromatic rings. The van der Waals surface area contributed by atoms with Gasteiger partial charge in [-0.15, -0.1) is 0 Å². The van der Waals surface area contributed by atoms with Crippen LogP contribution in [0.1, 0.15) is 44.6 Å². The Bertz CT molecular complexity index is 368. The lowest BCUT2D eigenvalue weighted by Gasteiger charge is -2.38. The van der Waals surface area contributed by atoms with Crippen LogP contribution in [0.5, 0.6) is 0 Å². The first-order valence-electron chi connectivity index (χ1n) is 8.20. The van der Waals surface area contributed by atoms with Crippen LogP contribution in [0, 0.1) is 5.92 Å². The zero-order chi connectivity index (χ0) is 14.4. The maximum atomic E-state index is 6.04. The molecule has 1 fully saturated rings. The average Bonchev–Trinajstić information content (AvgIpc) is 2.53. The van der Waals surface area contributed by atoms with E-state index in [2.05, 4.69) is 49.2 Å². The minimum Gasteiger partial charge on any atom is -0.329 e. The Morgan fingerprint density at radius 3 is 2.35 bits per heavy atom. The lowest BCUT2D eigenvalue weighted by atomic mass is 9.83. The summed E-state index contributed by atoms with van der Waals surface area (Å²) in [6.07, 6.45) is 7.91. The van der Waals surface area contributed by atoms with E-state index in [1.165, 1.54) is 37.7 Å². The average molecular weight is 274 g/mol. The minimum absolute atomic E-state index is 0.473. The quantitative estimate of drug-likeness (QED) is 0.861. The van der Waals surface area contributed by atoms with E-state index < -0.39 is 0 Å². The van der Waals surface area contributed by atoms with E-state index in [1.54, 1.807) is 0 Å². The third-order valence-corrected chi connectivity index (χ3v) is 5.13. The molecule has 2 N–H and O–H groups in total. The molecule has 0 aromatic heterocycles. The van der Waals surface area contributed by atoms with Gasteiger partial charge in [-0.2, -0.15) is 0 Å². The van der Waals surface area contributed by atoms with Crippen molar-refractivity contribution in [1.29, 1.82) is 0 Å². The number of hydrogen-bond donors (Lipinski definition) is 1. The monoisotopic (exact) mass is 274 g/mol. The van der Waals surface area contributed by atoms with Gasteiger partial charge in [0.05, 0.1) is 0 Å². The largest absolute Gasteiger partial charge is 0.329 e. The summed E-state index contributed by atoms with van der Waals surface area (Å²) >= 11 is 0. The molecule has 0 amide bonds. The first-order valence-corrected chi connectivity index (χ1v) is 8.20. The Morgan fingerprint density at radius 2 is 1.80 bits per heavy atom. The summed E-state index contributed by atoms with van der Waals surface area (Å²) in [6.45, 7) is 3.08. The van der Waals surface area contributed by atoms with E-state index in [-0.39, 0.29) is 0 Å². The van der Waals surface area contributed by atoms with Crippen molar-refractivity contribution < 1.29 is 0 Å². The summed E-state index contributed by atoms with van der Waals surface area (Å²) in [5.41, 5.74) is 7.44. The van der Waals surface area contributed by atoms with E-state index in [9.17, 15) is 0 Å². The highest BCUT2D eigenvalue weighted by Gasteiger charge is 2.26. The maximum absolute atomic E-state index is 6.04. The first kappa shape index (κ1) is 15.5. The van der Waals surface area contributed by atoms with Crippen molar-refractivity contribution >= 4 is 0 Å². The molecule has 2 heteroatoms. The molecule has 0 saturated heterocycles. The van der Waals surface area contributed by atoms with Crippen molar-refractivity contribution in [1.82, 2.24) is 4.90 Å². The first-order chi connectivity index (χ1) is 9.74. The fraction of sp³-hybridized carbons (Fsp3) is 0.667. The van der Waals surface area contributed by atoms with E-state index >= 15 is 0 Å². The SMILES string of the molecule is CCC1CCC(N(C)C(CN)Cc2ccccc2)CC1. The van der Waals surface area contributed by atoms with Gasteiger partial charge < -0.3 is 5.73 Å². The van der Waals surface area contributed by atoms with Gasteiger partial charge in [0, 0.05) is 18.6 Å². The number of rotatable bonds is 6. The minimum atomic E-state index is 0.473. The van der Waals surface area contributed by atoms with Crippen LogP contribution in [0.25, 0.3) is 0 Å². The fourth-order valence-electron chi connectivity index (χ4n) is 3.54. The molecule has 1 aliphatic carbocycles. The van der Waals surface area contributed by atoms with Crippen LogP contribution in [-0.2, 0) is 6.42 Å². The number of hydrogen-bond acceptors (Lipinski definition) is 2. The molecular formula is C18H30N2. The normalized spacial score (nSPS) is 24.8. The Balaban J connectivity index is 1.90. The highest BCUT2D eigenvalue weighted by Crippen LogP contribution is 2.30. The topological polar surface area (TPSA) is 29.3 Å². The number of nitrogens with two attached hydrogens (primary N) is 1. The smallest absolute Gasteiger partial charge is 0.0258 e. The van der Waals surface area contributed by atoms with Gasteiger partial charge in [0.2, 0.25) is 0 Å². The van der Waals surface area contributed by atoms with Crippen molar-refractivity contribution in [2.45, 2.75) is 57.5 Å². The van der Waals surface area contributed by atoms with Crippen LogP contribution < -0.4 is 5.73 Å². The zero-order valence-electron chi connectivity index (χ0n) is 13.1. The summed E-state index contributed by atoms with van der Waals surface area (Å²) < 4.78 is 0. The molecule has 0 spiro atoms. The van der Waals surface area contributed by atoms with Gasteiger partial charge in [0.15, 0.2) is 0 Å². The van der Waals surface area contributed by atoms with Gasteiger partial charge in [-0.3, -0.25) is 4.90 Å². The predicted octanol–water partition coefficient (Wildman–Crippen LogP) is 3.46. The number of nitrogens with zero attached hydrogens (tertiary/aromatic N) is 1. The molecule has 1 unspecified atom stereocenters. The van der Waals surface area contributed by atoms with E-state index in [0.29, 0.717) is 6.04 Å². The van der Waals surface area contributed by atoms with Crippen molar-refractivity contribution in [2.24, 2.45) is 11.7 Å². The van der Waals surface area contributed by atoms with Crippen LogP contribution in [0.3, 0.4) is 0 Å². The van der Waals surface area contributed by atoms with E-state index in [0.717, 1.165) is 24.9 Å². The summed E-state index contributed by atoms with van der Waals surface area (Å²) in [6, 6.07) is 12.0. The van der Waals surface area contributed by atoms with Crippen LogP contribution in [-0.4, -0.2) is 30.6 Å². The fourth-order valence-corrected chi connectivity index (χ4v) is 3.54. The Kier molecular flexibility index (Phi) is 6.06. The second kappa shape index (κ2) is 7.80. The van der Waals surface area contributed by atoms with Crippen molar-refractivity contribution in [2.75, 3.05) is 13.6 Å². The highest BCUT2D eigenvalue weighted by atomic mass is 15.2. The molecule has 2 rings (SSSR count). The van der Waals surface area contributed by atoms with Crippen LogP contribution in [0.2, 0.25) is 0 Å². The molecule has 1 saturated carbocycles. The molecule has 112 valence electrons. The van der Waals surface area contributed by atoms with Crippen molar-refractivity contribution in [3.8, 4) is 0 Å². The molecule has 1 aromatic carbocycles. The summed E-state index contributed by atoms with van der Waals surface area (Å²) in [5, 5.41) is 0. The third-order valence-electron chi connectivity index (χ3n) is 5.13. The van der Waals surface area contributed by atoms with Gasteiger partial charge in [-0.25, -0.2) is 0 Å². The Labute approximate surface area is 124 Å². The maximum Gasteiger partial charge on any atom is 0.0258 e. The molecule has 2 nitrogen and oxygen atoms in total. The Hall–Kier alpha value is -0.860. The number of benzene rings is 1. The standard InChI is InChI=1S/C18H30N2/c1-3-15-9-11-17(12-10-15)20(2)18(14-19)13-16-7-5-4-6-8-16/h4-8,15,17-18H,3,9-14,19H2,1-2H3. The van der Waals surface area contributed by atoms with Crippen LogP contribution in [0.4, 0.5) is 0 Å². The van der Waals surface area contributed by atoms with Crippen molar-refractivity contribution in [3.63, 3.8) is 0 Å². The van der Waals surface area contributed by atoms with Crippen molar-refractivity contribution in [3.05, 3.63) is 35.9 Å². The lowest BCUT2D eigenvalue weighted by molar-refractivity contribution is 0.121. The molecule has 0 heterocycles. The molecule has 0 aliphatic heterocycles. The molecule has 0 radical (unpaired) electrons. The van der Waals surface area contributed by atoms with Gasteiger partial charge in [0.25, 0.3) is 0 Å². The van der Waals surface area contributed by atoms with Gasteiger partial charge in [-0.1, -0.05) is 43.7 Å². The molecule has 20 heavy (non-hydrogen) atoms. The Morgan fingerprint density at radius 1 is 1.15 bits per heavy atom. The molecule has 0 bridgehead atoms. The van der Waals surface area contributed by atoms with Gasteiger partial charge >= 0.3 is 0 Å². The second-order valence-electron chi connectivity index (χ2n) is 6.33. The number of likely N-dealkylation sites (N-methyl/N-ethyl adjacent to an activating group) is 1. The predicted molar refractivity (Wildman–Crippen MR) is 86.8 cm³/mol. The van der Waals surface area contributed by atoms with Gasteiger partial charge in [-0.05, 0) is 50.6 Å². The van der Waals surface area contributed by atoms with Gasteiger partial charge in [0.1, 0.15) is 0 Å². The third kappa shape index (κ3) is 4.07. The van der Waals surface area contributed by atoms with Crippen LogP contribution in [0.15, 0.2) is 30.3 Å². The molecule has 1 atom stereocenters. The van der Waals surface area contributed by atoms with E-state index in [4.69, 9.17) is 5.73 Å². The second-order valence-corrected chi connectivity index (χ2v) is 6.33. The lowest BCUT2D eigenvalue weighted by Crippen LogP contribution is -2.46. The molecular weight excluding hydrogens is 244 g/mol. The highest BCUT2D eigenvalue weighted by molar-refractivity contribution is 5.16. The zero-order valence-corrected chi connectivity index (χ0v) is 13.1. The summed E-state index contributed by atoms with van der Waals surface area (Å²) in [4.78, 5) is 2.55. The van der Waals surface area contributed by atoms with Crippen LogP contribution >= 0.6 is 0 Å². The summed E-state index contributed by atoms with van der Waals surface area (Å²) in [7, 11) is 2.28. The molecule has 1 aliphatic rings.